The third-order valence-electron chi connectivity index (χ3n) is 2.31. The van der Waals surface area contributed by atoms with Crippen LogP contribution in [0.3, 0.4) is 0 Å². The van der Waals surface area contributed by atoms with E-state index in [9.17, 15) is 4.79 Å². The van der Waals surface area contributed by atoms with E-state index in [-0.39, 0.29) is 5.91 Å². The SMILES string of the molecule is Cc1cc(SCC(=O)N(C)C)c(C)cc1Br. The van der Waals surface area contributed by atoms with Gasteiger partial charge in [0.25, 0.3) is 0 Å². The van der Waals surface area contributed by atoms with Crippen molar-refractivity contribution in [1.82, 2.24) is 4.90 Å². The summed E-state index contributed by atoms with van der Waals surface area (Å²) in [5.41, 5.74) is 2.40. The Kier molecular flexibility index (Phi) is 4.87. The number of rotatable bonds is 3. The molecule has 88 valence electrons. The molecule has 4 heteroatoms. The van der Waals surface area contributed by atoms with Gasteiger partial charge in [-0.15, -0.1) is 11.8 Å². The molecule has 0 aliphatic rings. The van der Waals surface area contributed by atoms with Crippen LogP contribution < -0.4 is 0 Å². The van der Waals surface area contributed by atoms with Gasteiger partial charge in [0.05, 0.1) is 5.75 Å². The molecule has 1 aromatic carbocycles. The predicted molar refractivity (Wildman–Crippen MR) is 73.0 cm³/mol. The molecule has 1 rings (SSSR count). The number of amides is 1. The monoisotopic (exact) mass is 301 g/mol. The second kappa shape index (κ2) is 5.73. The average molecular weight is 302 g/mol. The van der Waals surface area contributed by atoms with E-state index in [1.807, 2.05) is 0 Å². The van der Waals surface area contributed by atoms with Crippen LogP contribution in [0.5, 0.6) is 0 Å². The molecule has 0 spiro atoms. The first-order valence-corrected chi connectivity index (χ1v) is 6.79. The molecule has 16 heavy (non-hydrogen) atoms. The van der Waals surface area contributed by atoms with Crippen LogP contribution >= 0.6 is 27.7 Å². The molecule has 0 saturated heterocycles. The van der Waals surface area contributed by atoms with Gasteiger partial charge in [-0.2, -0.15) is 0 Å². The maximum absolute atomic E-state index is 11.5. The summed E-state index contributed by atoms with van der Waals surface area (Å²) >= 11 is 5.09. The van der Waals surface area contributed by atoms with Crippen molar-refractivity contribution in [2.24, 2.45) is 0 Å². The zero-order valence-electron chi connectivity index (χ0n) is 10.0. The first kappa shape index (κ1) is 13.6. The van der Waals surface area contributed by atoms with Crippen molar-refractivity contribution >= 4 is 33.6 Å². The fourth-order valence-corrected chi connectivity index (χ4v) is 2.72. The molecular formula is C12H16BrNOS. The van der Waals surface area contributed by atoms with Crippen molar-refractivity contribution in [2.45, 2.75) is 18.7 Å². The molecule has 0 fully saturated rings. The molecule has 0 radical (unpaired) electrons. The van der Waals surface area contributed by atoms with Crippen LogP contribution in [0.25, 0.3) is 0 Å². The van der Waals surface area contributed by atoms with Gasteiger partial charge in [0.2, 0.25) is 5.91 Å². The van der Waals surface area contributed by atoms with Gasteiger partial charge in [-0.3, -0.25) is 4.79 Å². The van der Waals surface area contributed by atoms with Gasteiger partial charge in [-0.25, -0.2) is 0 Å². The summed E-state index contributed by atoms with van der Waals surface area (Å²) in [4.78, 5) is 14.3. The highest BCUT2D eigenvalue weighted by Crippen LogP contribution is 2.28. The Labute approximate surface area is 110 Å². The molecule has 0 aliphatic carbocycles. The summed E-state index contributed by atoms with van der Waals surface area (Å²) in [5.74, 6) is 0.638. The molecule has 0 unspecified atom stereocenters. The van der Waals surface area contributed by atoms with Gasteiger partial charge < -0.3 is 4.90 Å². The Morgan fingerprint density at radius 1 is 1.31 bits per heavy atom. The summed E-state index contributed by atoms with van der Waals surface area (Å²) in [6, 6.07) is 4.21. The fraction of sp³-hybridized carbons (Fsp3) is 0.417. The second-order valence-corrected chi connectivity index (χ2v) is 5.82. The van der Waals surface area contributed by atoms with Gasteiger partial charge in [0.1, 0.15) is 0 Å². The number of halogens is 1. The van der Waals surface area contributed by atoms with Crippen molar-refractivity contribution in [1.29, 1.82) is 0 Å². The third-order valence-corrected chi connectivity index (χ3v) is 4.30. The summed E-state index contributed by atoms with van der Waals surface area (Å²) in [6.07, 6.45) is 0. The Balaban J connectivity index is 2.75. The Hall–Kier alpha value is -0.480. The molecule has 1 aromatic rings. The molecule has 0 heterocycles. The quantitative estimate of drug-likeness (QED) is 0.799. The maximum atomic E-state index is 11.5. The van der Waals surface area contributed by atoms with Crippen LogP contribution in [0, 0.1) is 13.8 Å². The van der Waals surface area contributed by atoms with Gasteiger partial charge in [-0.05, 0) is 37.1 Å². The minimum absolute atomic E-state index is 0.143. The molecule has 0 N–H and O–H groups in total. The summed E-state index contributed by atoms with van der Waals surface area (Å²) in [6.45, 7) is 4.12. The average Bonchev–Trinajstić information content (AvgIpc) is 2.20. The van der Waals surface area contributed by atoms with Crippen LogP contribution in [0.1, 0.15) is 11.1 Å². The number of benzene rings is 1. The standard InChI is InChI=1S/C12H16BrNOS/c1-8-6-11(9(2)5-10(8)13)16-7-12(15)14(3)4/h5-6H,7H2,1-4H3. The normalized spacial score (nSPS) is 10.3. The largest absolute Gasteiger partial charge is 0.348 e. The Morgan fingerprint density at radius 2 is 1.94 bits per heavy atom. The van der Waals surface area contributed by atoms with Crippen LogP contribution in [0.2, 0.25) is 0 Å². The number of hydrogen-bond acceptors (Lipinski definition) is 2. The lowest BCUT2D eigenvalue weighted by Crippen LogP contribution is -2.23. The van der Waals surface area contributed by atoms with Gasteiger partial charge in [0, 0.05) is 23.5 Å². The highest BCUT2D eigenvalue weighted by molar-refractivity contribution is 9.10. The van der Waals surface area contributed by atoms with E-state index >= 15 is 0 Å². The lowest BCUT2D eigenvalue weighted by molar-refractivity contribution is -0.125. The second-order valence-electron chi connectivity index (χ2n) is 3.94. The molecule has 0 saturated carbocycles. The topological polar surface area (TPSA) is 20.3 Å². The lowest BCUT2D eigenvalue weighted by Gasteiger charge is -2.11. The zero-order chi connectivity index (χ0) is 12.3. The number of aryl methyl sites for hydroxylation is 2. The zero-order valence-corrected chi connectivity index (χ0v) is 12.4. The van der Waals surface area contributed by atoms with Crippen molar-refractivity contribution in [3.05, 3.63) is 27.7 Å². The Bertz CT molecular complexity index is 404. The number of carbonyl (C=O) groups is 1. The van der Waals surface area contributed by atoms with Crippen molar-refractivity contribution < 1.29 is 4.79 Å². The molecular weight excluding hydrogens is 286 g/mol. The van der Waals surface area contributed by atoms with E-state index in [0.717, 1.165) is 4.47 Å². The van der Waals surface area contributed by atoms with Crippen molar-refractivity contribution in [3.8, 4) is 0 Å². The van der Waals surface area contributed by atoms with E-state index in [4.69, 9.17) is 0 Å². The number of hydrogen-bond donors (Lipinski definition) is 0. The third kappa shape index (κ3) is 3.52. The first-order valence-electron chi connectivity index (χ1n) is 5.01. The summed E-state index contributed by atoms with van der Waals surface area (Å²) < 4.78 is 1.12. The number of carbonyl (C=O) groups excluding carboxylic acids is 1. The van der Waals surface area contributed by atoms with Gasteiger partial charge in [-0.1, -0.05) is 15.9 Å². The Morgan fingerprint density at radius 3 is 2.50 bits per heavy atom. The van der Waals surface area contributed by atoms with Gasteiger partial charge >= 0.3 is 0 Å². The van der Waals surface area contributed by atoms with E-state index in [0.29, 0.717) is 5.75 Å². The lowest BCUT2D eigenvalue weighted by atomic mass is 10.2. The van der Waals surface area contributed by atoms with E-state index in [1.165, 1.54) is 16.0 Å². The molecule has 0 aromatic heterocycles. The molecule has 0 atom stereocenters. The van der Waals surface area contributed by atoms with Crippen LogP contribution in [-0.4, -0.2) is 30.7 Å². The number of nitrogens with zero attached hydrogens (tertiary/aromatic N) is 1. The smallest absolute Gasteiger partial charge is 0.232 e. The number of thioether (sulfide) groups is 1. The maximum Gasteiger partial charge on any atom is 0.232 e. The van der Waals surface area contributed by atoms with E-state index < -0.39 is 0 Å². The van der Waals surface area contributed by atoms with Crippen molar-refractivity contribution in [2.75, 3.05) is 19.8 Å². The molecule has 1 amide bonds. The van der Waals surface area contributed by atoms with Crippen LogP contribution in [0.4, 0.5) is 0 Å². The van der Waals surface area contributed by atoms with E-state index in [2.05, 4.69) is 41.9 Å². The fourth-order valence-electron chi connectivity index (χ4n) is 1.18. The minimum atomic E-state index is 0.143. The molecule has 2 nitrogen and oxygen atoms in total. The van der Waals surface area contributed by atoms with Crippen molar-refractivity contribution in [3.63, 3.8) is 0 Å². The minimum Gasteiger partial charge on any atom is -0.348 e. The first-order chi connectivity index (χ1) is 7.41. The summed E-state index contributed by atoms with van der Waals surface area (Å²) in [5, 5.41) is 0. The van der Waals surface area contributed by atoms with Gasteiger partial charge in [0.15, 0.2) is 0 Å². The summed E-state index contributed by atoms with van der Waals surface area (Å²) in [7, 11) is 3.56. The van der Waals surface area contributed by atoms with Crippen LogP contribution in [-0.2, 0) is 4.79 Å². The van der Waals surface area contributed by atoms with E-state index in [1.54, 1.807) is 30.8 Å². The highest BCUT2D eigenvalue weighted by Gasteiger charge is 2.08. The molecule has 0 bridgehead atoms. The highest BCUT2D eigenvalue weighted by atomic mass is 79.9. The molecule has 0 aliphatic heterocycles. The van der Waals surface area contributed by atoms with Crippen LogP contribution in [0.15, 0.2) is 21.5 Å². The predicted octanol–water partition coefficient (Wildman–Crippen LogP) is 3.25.